The topological polar surface area (TPSA) is 38.8 Å². The maximum atomic E-state index is 12.2. The van der Waals surface area contributed by atoms with E-state index in [2.05, 4.69) is 31.2 Å². The van der Waals surface area contributed by atoms with E-state index >= 15 is 0 Å². The van der Waals surface area contributed by atoms with Gasteiger partial charge in [0, 0.05) is 24.1 Å². The van der Waals surface area contributed by atoms with E-state index in [0.717, 1.165) is 17.3 Å². The van der Waals surface area contributed by atoms with Crippen LogP contribution in [-0.4, -0.2) is 43.9 Å². The summed E-state index contributed by atoms with van der Waals surface area (Å²) < 4.78 is 10.8. The highest BCUT2D eigenvalue weighted by molar-refractivity contribution is 7.99. The molecular formula is C20H25NO3S. The third-order valence-corrected chi connectivity index (χ3v) is 4.80. The molecule has 0 heterocycles. The highest BCUT2D eigenvalue weighted by Gasteiger charge is 2.09. The normalized spacial score (nSPS) is 10.4. The van der Waals surface area contributed by atoms with E-state index in [1.807, 2.05) is 31.3 Å². The number of benzene rings is 2. The molecule has 0 spiro atoms. The van der Waals surface area contributed by atoms with E-state index in [4.69, 9.17) is 9.47 Å². The first kappa shape index (κ1) is 19.2. The van der Waals surface area contributed by atoms with Crippen molar-refractivity contribution in [2.24, 2.45) is 0 Å². The molecule has 1 amide bonds. The molecule has 134 valence electrons. The molecule has 0 radical (unpaired) electrons. The summed E-state index contributed by atoms with van der Waals surface area (Å²) in [7, 11) is 3.45. The number of likely N-dealkylation sites (N-methyl/N-ethyl adjacent to an activating group) is 1. The molecule has 0 bridgehead atoms. The Hall–Kier alpha value is -2.14. The lowest BCUT2D eigenvalue weighted by molar-refractivity contribution is -0.129. The molecule has 4 nitrogen and oxygen atoms in total. The molecule has 0 N–H and O–H groups in total. The predicted molar refractivity (Wildman–Crippen MR) is 103 cm³/mol. The van der Waals surface area contributed by atoms with E-state index in [9.17, 15) is 4.79 Å². The Kier molecular flexibility index (Phi) is 7.67. The number of carbonyl (C=O) groups is 1. The second kappa shape index (κ2) is 9.99. The van der Waals surface area contributed by atoms with Crippen molar-refractivity contribution in [3.63, 3.8) is 0 Å². The van der Waals surface area contributed by atoms with Crippen LogP contribution in [0.3, 0.4) is 0 Å². The van der Waals surface area contributed by atoms with Gasteiger partial charge < -0.3 is 14.4 Å². The van der Waals surface area contributed by atoms with Crippen LogP contribution in [0.4, 0.5) is 0 Å². The maximum absolute atomic E-state index is 12.2. The summed E-state index contributed by atoms with van der Waals surface area (Å²) in [5, 5.41) is 0. The van der Waals surface area contributed by atoms with Gasteiger partial charge in [0.05, 0.1) is 13.7 Å². The van der Waals surface area contributed by atoms with Crippen molar-refractivity contribution in [3.05, 3.63) is 54.1 Å². The number of aryl methyl sites for hydroxylation is 1. The van der Waals surface area contributed by atoms with Crippen LogP contribution in [0, 0.1) is 6.92 Å². The first-order valence-corrected chi connectivity index (χ1v) is 9.27. The average molecular weight is 359 g/mol. The van der Waals surface area contributed by atoms with Crippen LogP contribution >= 0.6 is 11.8 Å². The Morgan fingerprint density at radius 2 is 1.68 bits per heavy atom. The van der Waals surface area contributed by atoms with E-state index in [1.54, 1.807) is 23.8 Å². The summed E-state index contributed by atoms with van der Waals surface area (Å²) in [5.74, 6) is 2.49. The van der Waals surface area contributed by atoms with Crippen molar-refractivity contribution in [2.45, 2.75) is 18.2 Å². The zero-order valence-electron chi connectivity index (χ0n) is 15.0. The summed E-state index contributed by atoms with van der Waals surface area (Å²) in [6, 6.07) is 15.8. The van der Waals surface area contributed by atoms with Gasteiger partial charge in [-0.3, -0.25) is 4.79 Å². The third-order valence-electron chi connectivity index (χ3n) is 3.79. The number of carbonyl (C=O) groups excluding carboxylic acids is 1. The Morgan fingerprint density at radius 1 is 1.04 bits per heavy atom. The van der Waals surface area contributed by atoms with Crippen LogP contribution in [0.1, 0.15) is 12.0 Å². The molecule has 5 heteroatoms. The number of rotatable bonds is 9. The van der Waals surface area contributed by atoms with Crippen molar-refractivity contribution in [3.8, 4) is 11.5 Å². The molecule has 25 heavy (non-hydrogen) atoms. The van der Waals surface area contributed by atoms with Gasteiger partial charge in [-0.25, -0.2) is 0 Å². The number of methoxy groups -OCH3 is 1. The molecule has 0 aliphatic rings. The van der Waals surface area contributed by atoms with Gasteiger partial charge in [-0.15, -0.1) is 11.8 Å². The van der Waals surface area contributed by atoms with Gasteiger partial charge in [0.25, 0.3) is 0 Å². The number of nitrogens with zero attached hydrogens (tertiary/aromatic N) is 1. The van der Waals surface area contributed by atoms with Crippen LogP contribution in [0.5, 0.6) is 11.5 Å². The van der Waals surface area contributed by atoms with Crippen LogP contribution in [0.2, 0.25) is 0 Å². The standard InChI is InChI=1S/C20H25NO3S/c1-16-4-10-19(11-5-16)25-15-12-20(22)21(2)13-14-24-18-8-6-17(23-3)7-9-18/h4-11H,12-15H2,1-3H3. The minimum absolute atomic E-state index is 0.137. The number of hydrogen-bond donors (Lipinski definition) is 0. The fraction of sp³-hybridized carbons (Fsp3) is 0.350. The van der Waals surface area contributed by atoms with Gasteiger partial charge >= 0.3 is 0 Å². The van der Waals surface area contributed by atoms with Crippen LogP contribution in [0.15, 0.2) is 53.4 Å². The molecule has 0 atom stereocenters. The molecule has 2 rings (SSSR count). The smallest absolute Gasteiger partial charge is 0.223 e. The molecule has 0 aliphatic carbocycles. The summed E-state index contributed by atoms with van der Waals surface area (Å²) >= 11 is 1.71. The zero-order chi connectivity index (χ0) is 18.1. The predicted octanol–water partition coefficient (Wildman–Crippen LogP) is 4.02. The minimum Gasteiger partial charge on any atom is -0.497 e. The Bertz CT molecular complexity index is 656. The Balaban J connectivity index is 1.64. The maximum Gasteiger partial charge on any atom is 0.223 e. The summed E-state index contributed by atoms with van der Waals surface area (Å²) in [5.41, 5.74) is 1.25. The van der Waals surface area contributed by atoms with Crippen molar-refractivity contribution in [1.29, 1.82) is 0 Å². The molecule has 2 aromatic carbocycles. The second-order valence-electron chi connectivity index (χ2n) is 5.75. The monoisotopic (exact) mass is 359 g/mol. The molecule has 2 aromatic rings. The Labute approximate surface area is 154 Å². The van der Waals surface area contributed by atoms with Crippen molar-refractivity contribution >= 4 is 17.7 Å². The van der Waals surface area contributed by atoms with Crippen molar-refractivity contribution in [1.82, 2.24) is 4.90 Å². The lowest BCUT2D eigenvalue weighted by Crippen LogP contribution is -2.31. The highest BCUT2D eigenvalue weighted by atomic mass is 32.2. The minimum atomic E-state index is 0.137. The van der Waals surface area contributed by atoms with Gasteiger partial charge in [-0.2, -0.15) is 0 Å². The molecule has 0 fully saturated rings. The van der Waals surface area contributed by atoms with E-state index in [0.29, 0.717) is 19.6 Å². The van der Waals surface area contributed by atoms with Gasteiger partial charge in [0.2, 0.25) is 5.91 Å². The van der Waals surface area contributed by atoms with E-state index in [1.165, 1.54) is 10.5 Å². The molecular weight excluding hydrogens is 334 g/mol. The molecule has 0 saturated carbocycles. The summed E-state index contributed by atoms with van der Waals surface area (Å²) in [6.45, 7) is 3.11. The SMILES string of the molecule is COc1ccc(OCCN(C)C(=O)CCSc2ccc(C)cc2)cc1. The van der Waals surface area contributed by atoms with Gasteiger partial charge in [0.1, 0.15) is 18.1 Å². The molecule has 0 unspecified atom stereocenters. The lowest BCUT2D eigenvalue weighted by atomic mass is 10.2. The van der Waals surface area contributed by atoms with Crippen LogP contribution in [-0.2, 0) is 4.79 Å². The van der Waals surface area contributed by atoms with Gasteiger partial charge in [0.15, 0.2) is 0 Å². The zero-order valence-corrected chi connectivity index (χ0v) is 15.8. The number of ether oxygens (including phenoxy) is 2. The highest BCUT2D eigenvalue weighted by Crippen LogP contribution is 2.19. The Morgan fingerprint density at radius 3 is 2.32 bits per heavy atom. The van der Waals surface area contributed by atoms with Gasteiger partial charge in [-0.05, 0) is 43.3 Å². The largest absolute Gasteiger partial charge is 0.497 e. The van der Waals surface area contributed by atoms with Gasteiger partial charge in [-0.1, -0.05) is 17.7 Å². The van der Waals surface area contributed by atoms with Crippen molar-refractivity contribution in [2.75, 3.05) is 33.1 Å². The number of thioether (sulfide) groups is 1. The molecule has 0 aromatic heterocycles. The fourth-order valence-electron chi connectivity index (χ4n) is 2.18. The van der Waals surface area contributed by atoms with Crippen molar-refractivity contribution < 1.29 is 14.3 Å². The lowest BCUT2D eigenvalue weighted by Gasteiger charge is -2.17. The number of hydrogen-bond acceptors (Lipinski definition) is 4. The van der Waals surface area contributed by atoms with Crippen LogP contribution < -0.4 is 9.47 Å². The molecule has 0 saturated heterocycles. The van der Waals surface area contributed by atoms with E-state index < -0.39 is 0 Å². The van der Waals surface area contributed by atoms with Crippen LogP contribution in [0.25, 0.3) is 0 Å². The summed E-state index contributed by atoms with van der Waals surface area (Å²) in [4.78, 5) is 15.1. The fourth-order valence-corrected chi connectivity index (χ4v) is 3.02. The average Bonchev–Trinajstić information content (AvgIpc) is 2.63. The van der Waals surface area contributed by atoms with E-state index in [-0.39, 0.29) is 5.91 Å². The first-order chi connectivity index (χ1) is 12.1. The summed E-state index contributed by atoms with van der Waals surface area (Å²) in [6.07, 6.45) is 0.525. The molecule has 0 aliphatic heterocycles. The third kappa shape index (κ3) is 6.70. The quantitative estimate of drug-likeness (QED) is 0.634. The second-order valence-corrected chi connectivity index (χ2v) is 6.92. The first-order valence-electron chi connectivity index (χ1n) is 8.29. The number of amides is 1.